The molecule has 5 rings (SSSR count). The molecule has 0 saturated heterocycles. The average molecular weight is 513 g/mol. The van der Waals surface area contributed by atoms with Crippen molar-refractivity contribution < 1.29 is 43.9 Å². The van der Waals surface area contributed by atoms with Gasteiger partial charge in [-0.3, -0.25) is 5.21 Å². The summed E-state index contributed by atoms with van der Waals surface area (Å²) >= 11 is 1.52. The van der Waals surface area contributed by atoms with Crippen molar-refractivity contribution in [3.63, 3.8) is 0 Å². The van der Waals surface area contributed by atoms with Crippen LogP contribution in [0.4, 0.5) is 0 Å². The number of thioether (sulfide) groups is 1. The third-order valence-electron chi connectivity index (χ3n) is 4.23. The molecule has 31 heavy (non-hydrogen) atoms. The Morgan fingerprint density at radius 3 is 1.45 bits per heavy atom. The SMILES string of the molecule is CSC1O[N+]([O-])=CC([C]2[CH][CH][CH][CH]2)=C1[C]1[CH][CH][CH][CH]1.[CH]1[CH][CH][CH][CH]1.[CH]1[CH][CH][CH][CH]1.[Fe+2].[Fe+2]. The predicted octanol–water partition coefficient (Wildman–Crippen LogP) is 4.35. The second kappa shape index (κ2) is 16.9. The summed E-state index contributed by atoms with van der Waals surface area (Å²) < 4.78 is 0. The second-order valence-electron chi connectivity index (χ2n) is 6.19. The zero-order valence-electron chi connectivity index (χ0n) is 16.9. The minimum atomic E-state index is -0.283. The van der Waals surface area contributed by atoms with Gasteiger partial charge in [0.05, 0.1) is 0 Å². The summed E-state index contributed by atoms with van der Waals surface area (Å²) in [6, 6.07) is 0. The van der Waals surface area contributed by atoms with E-state index in [4.69, 9.17) is 4.84 Å². The van der Waals surface area contributed by atoms with Crippen LogP contribution in [0, 0.1) is 133 Å². The molecule has 1 aliphatic heterocycles. The molecule has 1 heterocycles. The van der Waals surface area contributed by atoms with E-state index in [9.17, 15) is 5.21 Å². The molecule has 6 heteroatoms. The normalized spacial score (nSPS) is 26.0. The first-order valence-corrected chi connectivity index (χ1v) is 10.6. The van der Waals surface area contributed by atoms with Crippen molar-refractivity contribution >= 4 is 18.0 Å². The van der Waals surface area contributed by atoms with Gasteiger partial charge < -0.3 is 4.84 Å². The Morgan fingerprint density at radius 2 is 1.06 bits per heavy atom. The standard InChI is InChI=1S/C15H13NO2S.2C5H5.2Fe/c1-19-15-14(12-8-4-5-9-12)13(10-16(17)18-15)11-6-2-3-7-11;2*1-2-4-5-3-1;;/h2-10,15H,1H3;2*1-5H;;/q;;;2*+2. The average Bonchev–Trinajstić information content (AvgIpc) is 3.57. The first-order chi connectivity index (χ1) is 14.3. The van der Waals surface area contributed by atoms with E-state index in [0.29, 0.717) is 4.90 Å². The van der Waals surface area contributed by atoms with Crippen LogP contribution in [-0.2, 0) is 39.0 Å². The molecule has 158 valence electrons. The van der Waals surface area contributed by atoms with E-state index in [-0.39, 0.29) is 39.6 Å². The van der Waals surface area contributed by atoms with E-state index in [1.807, 2.05) is 122 Å². The van der Waals surface area contributed by atoms with Crippen LogP contribution in [0.1, 0.15) is 0 Å². The Hall–Kier alpha value is 0.399. The number of nitrogens with zero attached hydrogens (tertiary/aromatic N) is 1. The molecule has 4 fully saturated rings. The summed E-state index contributed by atoms with van der Waals surface area (Å²) in [6.45, 7) is 0. The van der Waals surface area contributed by atoms with Crippen molar-refractivity contribution in [3.05, 3.63) is 144 Å². The van der Waals surface area contributed by atoms with E-state index >= 15 is 0 Å². The van der Waals surface area contributed by atoms with Gasteiger partial charge in [0, 0.05) is 22.3 Å². The molecule has 1 atom stereocenters. The fourth-order valence-corrected chi connectivity index (χ4v) is 3.58. The first kappa shape index (κ1) is 29.4. The second-order valence-corrected chi connectivity index (χ2v) is 7.09. The molecule has 5 aliphatic rings. The maximum atomic E-state index is 11.6. The van der Waals surface area contributed by atoms with E-state index < -0.39 is 0 Å². The third-order valence-corrected chi connectivity index (χ3v) is 4.98. The Morgan fingerprint density at radius 1 is 0.677 bits per heavy atom. The molecule has 0 aromatic heterocycles. The van der Waals surface area contributed by atoms with Crippen LogP contribution in [0.15, 0.2) is 11.1 Å². The van der Waals surface area contributed by atoms with Gasteiger partial charge in [-0.25, -0.2) is 0 Å². The minimum absolute atomic E-state index is 0. The fraction of sp³-hybridized carbons (Fsp3) is 0.0800. The summed E-state index contributed by atoms with van der Waals surface area (Å²) in [5.74, 6) is 2.14. The number of hydrogen-bond donors (Lipinski definition) is 0. The quantitative estimate of drug-likeness (QED) is 0.416. The minimum Gasteiger partial charge on any atom is -0.385 e. The summed E-state index contributed by atoms with van der Waals surface area (Å²) in [5.41, 5.74) is 1.70. The molecular weight excluding hydrogens is 490 g/mol. The molecule has 0 aromatic rings. The van der Waals surface area contributed by atoms with Crippen LogP contribution in [-0.4, -0.2) is 22.8 Å². The van der Waals surface area contributed by atoms with E-state index in [0.717, 1.165) is 23.0 Å². The molecule has 0 N–H and O–H groups in total. The van der Waals surface area contributed by atoms with Crippen LogP contribution >= 0.6 is 11.8 Å². The monoisotopic (exact) mass is 513 g/mol. The van der Waals surface area contributed by atoms with E-state index in [2.05, 4.69) is 0 Å². The van der Waals surface area contributed by atoms with Gasteiger partial charge in [0.25, 0.3) is 0 Å². The molecule has 0 spiro atoms. The Labute approximate surface area is 216 Å². The van der Waals surface area contributed by atoms with Crippen LogP contribution < -0.4 is 0 Å². The van der Waals surface area contributed by atoms with Gasteiger partial charge in [0.2, 0.25) is 6.21 Å². The molecule has 0 amide bonds. The Balaban J connectivity index is 0.000000331. The molecule has 4 saturated carbocycles. The largest absolute Gasteiger partial charge is 2.00 e. The van der Waals surface area contributed by atoms with Gasteiger partial charge in [0.15, 0.2) is 0 Å². The molecule has 0 bridgehead atoms. The molecule has 3 nitrogen and oxygen atoms in total. The van der Waals surface area contributed by atoms with Crippen molar-refractivity contribution in [1.29, 1.82) is 0 Å². The van der Waals surface area contributed by atoms with Gasteiger partial charge in [-0.15, -0.1) is 11.8 Å². The van der Waals surface area contributed by atoms with Crippen LogP contribution in [0.2, 0.25) is 0 Å². The smallest absolute Gasteiger partial charge is 0.385 e. The molecule has 1 unspecified atom stereocenters. The first-order valence-electron chi connectivity index (χ1n) is 9.32. The van der Waals surface area contributed by atoms with Gasteiger partial charge >= 0.3 is 34.1 Å². The Bertz CT molecular complexity index is 506. The maximum Gasteiger partial charge on any atom is 2.00 e. The van der Waals surface area contributed by atoms with Crippen molar-refractivity contribution in [2.24, 2.45) is 0 Å². The van der Waals surface area contributed by atoms with Gasteiger partial charge in [-0.2, -0.15) is 0 Å². The summed E-state index contributed by atoms with van der Waals surface area (Å²) in [4.78, 5) is 5.88. The van der Waals surface area contributed by atoms with Crippen molar-refractivity contribution in [1.82, 2.24) is 0 Å². The Kier molecular flexibility index (Phi) is 16.1. The number of rotatable bonds is 3. The van der Waals surface area contributed by atoms with E-state index in [1.54, 1.807) is 0 Å². The van der Waals surface area contributed by atoms with Gasteiger partial charge in [-0.1, -0.05) is 0 Å². The molecule has 4 aliphatic carbocycles. The summed E-state index contributed by atoms with van der Waals surface area (Å²) in [7, 11) is 0. The topological polar surface area (TPSA) is 35.3 Å². The van der Waals surface area contributed by atoms with Crippen LogP contribution in [0.5, 0.6) is 0 Å². The molecule has 0 aromatic carbocycles. The molecule has 20 radical (unpaired) electrons. The summed E-state index contributed by atoms with van der Waals surface area (Å²) in [6.07, 6.45) is 39.5. The fourth-order valence-electron chi connectivity index (χ4n) is 2.91. The maximum absolute atomic E-state index is 11.6. The zero-order valence-corrected chi connectivity index (χ0v) is 20.0. The van der Waals surface area contributed by atoms with Gasteiger partial charge in [0.1, 0.15) is 5.44 Å². The summed E-state index contributed by atoms with van der Waals surface area (Å²) in [5, 5.41) is 11.6. The molecular formula is C25H23Fe2NO2S+4. The van der Waals surface area contributed by atoms with Crippen LogP contribution in [0.25, 0.3) is 0 Å². The number of hydrogen-bond acceptors (Lipinski definition) is 3. The predicted molar refractivity (Wildman–Crippen MR) is 119 cm³/mol. The van der Waals surface area contributed by atoms with Crippen molar-refractivity contribution in [3.8, 4) is 0 Å². The van der Waals surface area contributed by atoms with E-state index in [1.165, 1.54) is 18.0 Å². The van der Waals surface area contributed by atoms with Gasteiger partial charge in [-0.05, 0) is 127 Å². The van der Waals surface area contributed by atoms with Crippen molar-refractivity contribution in [2.75, 3.05) is 6.26 Å². The number of allylic oxidation sites excluding steroid dienone is 1. The third kappa shape index (κ3) is 9.65. The van der Waals surface area contributed by atoms with Crippen LogP contribution in [0.3, 0.4) is 0 Å². The zero-order chi connectivity index (χ0) is 20.3. The van der Waals surface area contributed by atoms with Crippen molar-refractivity contribution in [2.45, 2.75) is 5.44 Å².